The number of anilines is 2. The number of ether oxygens (including phenoxy) is 4. The van der Waals surface area contributed by atoms with E-state index in [0.29, 0.717) is 17.2 Å². The highest BCUT2D eigenvalue weighted by molar-refractivity contribution is 5.94. The SMILES string of the molecule is COc1ccc2nc(C)cc(Nc3cc(OC)c(OC)c(OC)c3)c2c1. The quantitative estimate of drug-likeness (QED) is 0.711. The molecule has 0 aliphatic heterocycles. The Balaban J connectivity index is 2.11. The molecule has 0 unspecified atom stereocenters. The Hall–Kier alpha value is -3.15. The van der Waals surface area contributed by atoms with Crippen molar-refractivity contribution < 1.29 is 18.9 Å². The summed E-state index contributed by atoms with van der Waals surface area (Å²) in [5.74, 6) is 2.50. The fourth-order valence-corrected chi connectivity index (χ4v) is 2.88. The van der Waals surface area contributed by atoms with Crippen LogP contribution in [-0.2, 0) is 0 Å². The predicted octanol–water partition coefficient (Wildman–Crippen LogP) is 4.32. The van der Waals surface area contributed by atoms with E-state index in [9.17, 15) is 0 Å². The lowest BCUT2D eigenvalue weighted by molar-refractivity contribution is 0.324. The number of aryl methyl sites for hydroxylation is 1. The Morgan fingerprint density at radius 1 is 0.808 bits per heavy atom. The van der Waals surface area contributed by atoms with Gasteiger partial charge in [-0.2, -0.15) is 0 Å². The van der Waals surface area contributed by atoms with Crippen LogP contribution < -0.4 is 24.3 Å². The summed E-state index contributed by atoms with van der Waals surface area (Å²) in [6.45, 7) is 1.96. The summed E-state index contributed by atoms with van der Waals surface area (Å²) in [5.41, 5.74) is 3.54. The van der Waals surface area contributed by atoms with Gasteiger partial charge in [0.25, 0.3) is 0 Å². The molecule has 1 N–H and O–H groups in total. The number of pyridine rings is 1. The van der Waals surface area contributed by atoms with Gasteiger partial charge < -0.3 is 24.3 Å². The monoisotopic (exact) mass is 354 g/mol. The molecule has 0 radical (unpaired) electrons. The largest absolute Gasteiger partial charge is 0.497 e. The van der Waals surface area contributed by atoms with Gasteiger partial charge in [-0.25, -0.2) is 0 Å². The number of fused-ring (bicyclic) bond motifs is 1. The zero-order valence-electron chi connectivity index (χ0n) is 15.5. The van der Waals surface area contributed by atoms with Crippen molar-refractivity contribution in [1.82, 2.24) is 4.98 Å². The van der Waals surface area contributed by atoms with Crippen LogP contribution in [0, 0.1) is 6.92 Å². The number of nitrogens with zero attached hydrogens (tertiary/aromatic N) is 1. The Kier molecular flexibility index (Phi) is 5.02. The van der Waals surface area contributed by atoms with Crippen molar-refractivity contribution in [1.29, 1.82) is 0 Å². The summed E-state index contributed by atoms with van der Waals surface area (Å²) in [6.07, 6.45) is 0. The highest BCUT2D eigenvalue weighted by Crippen LogP contribution is 2.41. The fourth-order valence-electron chi connectivity index (χ4n) is 2.88. The molecule has 1 heterocycles. The number of aromatic nitrogens is 1. The molecule has 26 heavy (non-hydrogen) atoms. The zero-order valence-corrected chi connectivity index (χ0v) is 15.5. The van der Waals surface area contributed by atoms with Gasteiger partial charge in [-0.3, -0.25) is 4.98 Å². The summed E-state index contributed by atoms with van der Waals surface area (Å²) < 4.78 is 21.6. The highest BCUT2D eigenvalue weighted by Gasteiger charge is 2.14. The molecule has 3 rings (SSSR count). The lowest BCUT2D eigenvalue weighted by Gasteiger charge is -2.16. The minimum Gasteiger partial charge on any atom is -0.497 e. The van der Waals surface area contributed by atoms with Crippen LogP contribution in [0.4, 0.5) is 11.4 Å². The number of hydrogen-bond acceptors (Lipinski definition) is 6. The minimum atomic E-state index is 0.554. The molecule has 6 heteroatoms. The second-order valence-electron chi connectivity index (χ2n) is 5.73. The second kappa shape index (κ2) is 7.39. The number of rotatable bonds is 6. The Morgan fingerprint density at radius 2 is 1.50 bits per heavy atom. The van der Waals surface area contributed by atoms with Crippen molar-refractivity contribution in [2.45, 2.75) is 6.92 Å². The van der Waals surface area contributed by atoms with E-state index in [1.54, 1.807) is 28.4 Å². The van der Waals surface area contributed by atoms with Gasteiger partial charge in [-0.1, -0.05) is 0 Å². The van der Waals surface area contributed by atoms with E-state index in [2.05, 4.69) is 10.3 Å². The molecule has 0 aliphatic rings. The van der Waals surface area contributed by atoms with Crippen molar-refractivity contribution in [2.24, 2.45) is 0 Å². The first-order chi connectivity index (χ1) is 12.6. The van der Waals surface area contributed by atoms with Gasteiger partial charge in [-0.15, -0.1) is 0 Å². The predicted molar refractivity (Wildman–Crippen MR) is 102 cm³/mol. The molecule has 136 valence electrons. The summed E-state index contributed by atoms with van der Waals surface area (Å²) in [4.78, 5) is 4.58. The third-order valence-corrected chi connectivity index (χ3v) is 4.09. The van der Waals surface area contributed by atoms with Crippen molar-refractivity contribution in [3.05, 3.63) is 42.1 Å². The molecular weight excluding hydrogens is 332 g/mol. The van der Waals surface area contributed by atoms with Gasteiger partial charge in [0.2, 0.25) is 5.75 Å². The van der Waals surface area contributed by atoms with Crippen LogP contribution in [0.2, 0.25) is 0 Å². The Bertz CT molecular complexity index is 915. The smallest absolute Gasteiger partial charge is 0.203 e. The molecule has 0 saturated heterocycles. The van der Waals surface area contributed by atoms with E-state index in [1.807, 2.05) is 43.3 Å². The molecule has 0 saturated carbocycles. The third-order valence-electron chi connectivity index (χ3n) is 4.09. The van der Waals surface area contributed by atoms with Crippen molar-refractivity contribution in [3.8, 4) is 23.0 Å². The highest BCUT2D eigenvalue weighted by atomic mass is 16.5. The molecule has 0 atom stereocenters. The first kappa shape index (κ1) is 17.7. The first-order valence-electron chi connectivity index (χ1n) is 8.12. The number of methoxy groups -OCH3 is 4. The molecule has 0 aliphatic carbocycles. The normalized spacial score (nSPS) is 10.5. The fraction of sp³-hybridized carbons (Fsp3) is 0.250. The molecule has 0 amide bonds. The molecule has 2 aromatic carbocycles. The van der Waals surface area contributed by atoms with Gasteiger partial charge in [0.1, 0.15) is 5.75 Å². The summed E-state index contributed by atoms with van der Waals surface area (Å²) in [5, 5.41) is 4.39. The van der Waals surface area contributed by atoms with Crippen molar-refractivity contribution >= 4 is 22.3 Å². The van der Waals surface area contributed by atoms with E-state index < -0.39 is 0 Å². The minimum absolute atomic E-state index is 0.554. The number of nitrogens with one attached hydrogen (secondary N) is 1. The lowest BCUT2D eigenvalue weighted by atomic mass is 10.1. The van der Waals surface area contributed by atoms with Crippen LogP contribution in [0.15, 0.2) is 36.4 Å². The standard InChI is InChI=1S/C20H22N2O4/c1-12-8-17(15-11-14(23-2)6-7-16(15)21-12)22-13-9-18(24-3)20(26-5)19(10-13)25-4/h6-11H,1-5H3,(H,21,22). The average Bonchev–Trinajstić information content (AvgIpc) is 2.66. The summed E-state index contributed by atoms with van der Waals surface area (Å²) in [6, 6.07) is 11.5. The van der Waals surface area contributed by atoms with Gasteiger partial charge >= 0.3 is 0 Å². The van der Waals surface area contributed by atoms with Crippen LogP contribution in [0.5, 0.6) is 23.0 Å². The Labute approximate surface area is 152 Å². The van der Waals surface area contributed by atoms with Crippen LogP contribution in [-0.4, -0.2) is 33.4 Å². The summed E-state index contributed by atoms with van der Waals surface area (Å²) >= 11 is 0. The van der Waals surface area contributed by atoms with Gasteiger partial charge in [0, 0.05) is 34.6 Å². The molecule has 6 nitrogen and oxygen atoms in total. The van der Waals surface area contributed by atoms with Crippen molar-refractivity contribution in [2.75, 3.05) is 33.8 Å². The molecule has 0 fully saturated rings. The Morgan fingerprint density at radius 3 is 2.08 bits per heavy atom. The van der Waals surface area contributed by atoms with E-state index >= 15 is 0 Å². The van der Waals surface area contributed by atoms with Gasteiger partial charge in [0.15, 0.2) is 11.5 Å². The van der Waals surface area contributed by atoms with Gasteiger partial charge in [0.05, 0.1) is 34.0 Å². The maximum absolute atomic E-state index is 5.43. The average molecular weight is 354 g/mol. The summed E-state index contributed by atoms with van der Waals surface area (Å²) in [7, 11) is 6.42. The lowest BCUT2D eigenvalue weighted by Crippen LogP contribution is -1.99. The van der Waals surface area contributed by atoms with Crippen molar-refractivity contribution in [3.63, 3.8) is 0 Å². The maximum atomic E-state index is 5.43. The second-order valence-corrected chi connectivity index (χ2v) is 5.73. The van der Waals surface area contributed by atoms with E-state index in [1.165, 1.54) is 0 Å². The molecule has 0 spiro atoms. The van der Waals surface area contributed by atoms with Crippen LogP contribution in [0.3, 0.4) is 0 Å². The van der Waals surface area contributed by atoms with E-state index in [0.717, 1.165) is 33.7 Å². The molecule has 3 aromatic rings. The topological polar surface area (TPSA) is 61.8 Å². The molecule has 0 bridgehead atoms. The molecule has 1 aromatic heterocycles. The first-order valence-corrected chi connectivity index (χ1v) is 8.12. The van der Waals surface area contributed by atoms with Crippen LogP contribution in [0.1, 0.15) is 5.69 Å². The number of benzene rings is 2. The van der Waals surface area contributed by atoms with Crippen LogP contribution in [0.25, 0.3) is 10.9 Å². The van der Waals surface area contributed by atoms with E-state index in [4.69, 9.17) is 18.9 Å². The van der Waals surface area contributed by atoms with Crippen LogP contribution >= 0.6 is 0 Å². The number of hydrogen-bond donors (Lipinski definition) is 1. The van der Waals surface area contributed by atoms with Gasteiger partial charge in [-0.05, 0) is 31.2 Å². The molecular formula is C20H22N2O4. The van der Waals surface area contributed by atoms with E-state index in [-0.39, 0.29) is 0 Å². The third kappa shape index (κ3) is 3.31. The maximum Gasteiger partial charge on any atom is 0.203 e. The zero-order chi connectivity index (χ0) is 18.7.